The van der Waals surface area contributed by atoms with Gasteiger partial charge in [0.1, 0.15) is 0 Å². The van der Waals surface area contributed by atoms with Gasteiger partial charge in [-0.2, -0.15) is 0 Å². The Morgan fingerprint density at radius 3 is 2.75 bits per heavy atom. The van der Waals surface area contributed by atoms with Crippen LogP contribution in [0.5, 0.6) is 0 Å². The first kappa shape index (κ1) is 11.2. The first-order valence-electron chi connectivity index (χ1n) is 5.35. The lowest BCUT2D eigenvalue weighted by molar-refractivity contribution is -0.116. The average molecular weight is 236 g/mol. The van der Waals surface area contributed by atoms with Crippen LogP contribution in [0.3, 0.4) is 0 Å². The Morgan fingerprint density at radius 1 is 1.38 bits per heavy atom. The van der Waals surface area contributed by atoms with Gasteiger partial charge in [-0.1, -0.05) is 29.8 Å². The summed E-state index contributed by atoms with van der Waals surface area (Å²) in [6.45, 7) is 1.79. The maximum atomic E-state index is 11.5. The molecule has 2 rings (SSSR count). The molecule has 0 saturated carbocycles. The number of carbonyl (C=O) groups excluding carboxylic acids is 1. The third kappa shape index (κ3) is 1.85. The number of hydrogen-bond acceptors (Lipinski definition) is 2. The van der Waals surface area contributed by atoms with Crippen molar-refractivity contribution >= 4 is 17.4 Å². The second kappa shape index (κ2) is 4.30. The van der Waals surface area contributed by atoms with Crippen LogP contribution in [0.2, 0.25) is 5.02 Å². The van der Waals surface area contributed by atoms with E-state index in [1.165, 1.54) is 0 Å². The number of nitrogens with two attached hydrogens (primary N) is 1. The number of ketones is 1. The molecule has 1 aromatic carbocycles. The predicted molar refractivity (Wildman–Crippen MR) is 65.3 cm³/mol. The van der Waals surface area contributed by atoms with Gasteiger partial charge >= 0.3 is 0 Å². The van der Waals surface area contributed by atoms with Gasteiger partial charge in [-0.25, -0.2) is 0 Å². The fraction of sp³-hybridized carbons (Fsp3) is 0.308. The molecule has 0 heterocycles. The van der Waals surface area contributed by atoms with E-state index in [1.807, 2.05) is 24.3 Å². The fourth-order valence-electron chi connectivity index (χ4n) is 2.12. The van der Waals surface area contributed by atoms with Crippen molar-refractivity contribution in [3.63, 3.8) is 0 Å². The molecule has 0 radical (unpaired) electrons. The van der Waals surface area contributed by atoms with Crippen molar-refractivity contribution in [2.45, 2.75) is 25.7 Å². The lowest BCUT2D eigenvalue weighted by Crippen LogP contribution is -2.22. The first-order valence-corrected chi connectivity index (χ1v) is 5.73. The Balaban J connectivity index is 2.44. The van der Waals surface area contributed by atoms with Gasteiger partial charge in [0.15, 0.2) is 5.78 Å². The predicted octanol–water partition coefficient (Wildman–Crippen LogP) is 3.02. The van der Waals surface area contributed by atoms with Crippen molar-refractivity contribution in [1.29, 1.82) is 0 Å². The first-order chi connectivity index (χ1) is 7.61. The van der Waals surface area contributed by atoms with Gasteiger partial charge in [-0.3, -0.25) is 4.79 Å². The summed E-state index contributed by atoms with van der Waals surface area (Å²) in [7, 11) is 0. The molecule has 0 bridgehead atoms. The molecule has 0 aromatic heterocycles. The van der Waals surface area contributed by atoms with Crippen LogP contribution in [0.4, 0.5) is 0 Å². The highest BCUT2D eigenvalue weighted by atomic mass is 35.5. The second-order valence-corrected chi connectivity index (χ2v) is 4.52. The number of hydrogen-bond donors (Lipinski definition) is 1. The maximum absolute atomic E-state index is 11.5. The molecule has 0 fully saturated rings. The van der Waals surface area contributed by atoms with Crippen LogP contribution in [0, 0.1) is 0 Å². The summed E-state index contributed by atoms with van der Waals surface area (Å²) in [5.74, 6) is 0.243. The van der Waals surface area contributed by atoms with E-state index in [1.54, 1.807) is 6.92 Å². The molecule has 2 N–H and O–H groups in total. The van der Waals surface area contributed by atoms with Crippen molar-refractivity contribution in [1.82, 2.24) is 0 Å². The lowest BCUT2D eigenvalue weighted by atomic mass is 9.82. The highest BCUT2D eigenvalue weighted by molar-refractivity contribution is 6.31. The largest absolute Gasteiger partial charge is 0.401 e. The molecule has 0 amide bonds. The van der Waals surface area contributed by atoms with Gasteiger partial charge in [-0.05, 0) is 25.0 Å². The lowest BCUT2D eigenvalue weighted by Gasteiger charge is -2.24. The third-order valence-electron chi connectivity index (χ3n) is 3.17. The summed E-state index contributed by atoms with van der Waals surface area (Å²) in [6.07, 6.45) is 1.31. The molecule has 2 nitrogen and oxygen atoms in total. The van der Waals surface area contributed by atoms with E-state index >= 15 is 0 Å². The highest BCUT2D eigenvalue weighted by Gasteiger charge is 2.26. The van der Waals surface area contributed by atoms with Crippen LogP contribution in [-0.2, 0) is 4.79 Å². The van der Waals surface area contributed by atoms with Crippen LogP contribution in [0.15, 0.2) is 35.5 Å². The summed E-state index contributed by atoms with van der Waals surface area (Å²) >= 11 is 6.14. The van der Waals surface area contributed by atoms with E-state index in [2.05, 4.69) is 0 Å². The number of halogens is 1. The zero-order valence-electron chi connectivity index (χ0n) is 9.16. The molecule has 0 saturated heterocycles. The molecular weight excluding hydrogens is 222 g/mol. The monoisotopic (exact) mass is 235 g/mol. The molecule has 16 heavy (non-hydrogen) atoms. The number of benzene rings is 1. The Morgan fingerprint density at radius 2 is 2.06 bits per heavy atom. The zero-order valence-corrected chi connectivity index (χ0v) is 9.92. The molecule has 1 aliphatic rings. The molecule has 0 aliphatic heterocycles. The van der Waals surface area contributed by atoms with Crippen LogP contribution in [-0.4, -0.2) is 5.78 Å². The zero-order chi connectivity index (χ0) is 11.7. The Labute approximate surface area is 100 Å². The Kier molecular flexibility index (Phi) is 3.01. The van der Waals surface area contributed by atoms with Crippen LogP contribution in [0.25, 0.3) is 0 Å². The molecule has 1 aromatic rings. The van der Waals surface area contributed by atoms with Gasteiger partial charge in [0.25, 0.3) is 0 Å². The fourth-order valence-corrected chi connectivity index (χ4v) is 2.39. The van der Waals surface area contributed by atoms with Crippen LogP contribution < -0.4 is 5.73 Å². The van der Waals surface area contributed by atoms with Crippen molar-refractivity contribution < 1.29 is 4.79 Å². The Hall–Kier alpha value is -1.28. The molecular formula is C13H14ClNO. The summed E-state index contributed by atoms with van der Waals surface area (Å²) in [6, 6.07) is 7.67. The second-order valence-electron chi connectivity index (χ2n) is 4.12. The number of rotatable bonds is 1. The van der Waals surface area contributed by atoms with Gasteiger partial charge in [-0.15, -0.1) is 0 Å². The molecule has 1 aliphatic carbocycles. The smallest absolute Gasteiger partial charge is 0.160 e. The summed E-state index contributed by atoms with van der Waals surface area (Å²) in [5, 5.41) is 0.720. The van der Waals surface area contributed by atoms with Crippen LogP contribution >= 0.6 is 11.6 Å². The minimum Gasteiger partial charge on any atom is -0.401 e. The highest BCUT2D eigenvalue weighted by Crippen LogP contribution is 2.36. The molecule has 84 valence electrons. The van der Waals surface area contributed by atoms with E-state index in [-0.39, 0.29) is 11.7 Å². The minimum atomic E-state index is 0.0893. The summed E-state index contributed by atoms with van der Waals surface area (Å²) < 4.78 is 0. The van der Waals surface area contributed by atoms with Gasteiger partial charge in [0.2, 0.25) is 0 Å². The van der Waals surface area contributed by atoms with Gasteiger partial charge in [0, 0.05) is 28.6 Å². The third-order valence-corrected chi connectivity index (χ3v) is 3.51. The standard InChI is InChI=1S/C13H14ClNO/c1-8-12(16)7-6-10(13(8)15)9-4-2-3-5-11(9)14/h2-5,10H,6-7,15H2,1H3. The normalized spacial score (nSPS) is 21.4. The topological polar surface area (TPSA) is 43.1 Å². The van der Waals surface area contributed by atoms with Gasteiger partial charge in [0.05, 0.1) is 0 Å². The van der Waals surface area contributed by atoms with Crippen LogP contribution in [0.1, 0.15) is 31.2 Å². The van der Waals surface area contributed by atoms with Crippen molar-refractivity contribution in [3.05, 3.63) is 46.1 Å². The molecule has 1 unspecified atom stereocenters. The van der Waals surface area contributed by atoms with Crippen molar-refractivity contribution in [2.24, 2.45) is 5.73 Å². The Bertz CT molecular complexity index is 465. The van der Waals surface area contributed by atoms with Crippen molar-refractivity contribution in [2.75, 3.05) is 0 Å². The SMILES string of the molecule is CC1=C(N)C(c2ccccc2Cl)CCC1=O. The summed E-state index contributed by atoms with van der Waals surface area (Å²) in [4.78, 5) is 11.5. The van der Waals surface area contributed by atoms with E-state index < -0.39 is 0 Å². The average Bonchev–Trinajstić information content (AvgIpc) is 2.28. The molecule has 1 atom stereocenters. The van der Waals surface area contributed by atoms with Gasteiger partial charge < -0.3 is 5.73 Å². The molecule has 0 spiro atoms. The van der Waals surface area contributed by atoms with E-state index in [0.717, 1.165) is 17.0 Å². The quantitative estimate of drug-likeness (QED) is 0.813. The summed E-state index contributed by atoms with van der Waals surface area (Å²) in [5.41, 5.74) is 8.40. The van der Waals surface area contributed by atoms with E-state index in [9.17, 15) is 4.79 Å². The minimum absolute atomic E-state index is 0.0893. The van der Waals surface area contributed by atoms with E-state index in [4.69, 9.17) is 17.3 Å². The van der Waals surface area contributed by atoms with Crippen molar-refractivity contribution in [3.8, 4) is 0 Å². The number of carbonyl (C=O) groups is 1. The number of Topliss-reactive ketones (excluding diaryl/α,β-unsaturated/α-hetero) is 1. The number of allylic oxidation sites excluding steroid dienone is 2. The maximum Gasteiger partial charge on any atom is 0.160 e. The molecule has 3 heteroatoms. The van der Waals surface area contributed by atoms with E-state index in [0.29, 0.717) is 17.7 Å².